The Balaban J connectivity index is 2.40. The van der Waals surface area contributed by atoms with Crippen molar-refractivity contribution < 1.29 is 13.2 Å². The van der Waals surface area contributed by atoms with Gasteiger partial charge in [0, 0.05) is 10.9 Å². The van der Waals surface area contributed by atoms with E-state index in [-0.39, 0.29) is 0 Å². The molecule has 0 aliphatic heterocycles. The Hall–Kier alpha value is -1.36. The Bertz CT molecular complexity index is 543. The zero-order valence-corrected chi connectivity index (χ0v) is 10.1. The van der Waals surface area contributed by atoms with Gasteiger partial charge in [0.25, 0.3) is 0 Å². The van der Waals surface area contributed by atoms with Crippen molar-refractivity contribution >= 4 is 11.3 Å². The predicted molar refractivity (Wildman–Crippen MR) is 62.0 cm³/mol. The predicted octanol–water partition coefficient (Wildman–Crippen LogP) is 4.45. The van der Waals surface area contributed by atoms with Crippen LogP contribution in [0.2, 0.25) is 0 Å². The number of alkyl halides is 3. The average molecular weight is 257 g/mol. The van der Waals surface area contributed by atoms with E-state index in [9.17, 15) is 13.2 Å². The fraction of sp³-hybridized carbons (Fsp3) is 0.250. The second-order valence-corrected chi connectivity index (χ2v) is 4.69. The van der Waals surface area contributed by atoms with Crippen LogP contribution in [0.5, 0.6) is 0 Å². The van der Waals surface area contributed by atoms with Crippen LogP contribution in [-0.4, -0.2) is 4.98 Å². The van der Waals surface area contributed by atoms with Crippen LogP contribution < -0.4 is 0 Å². The van der Waals surface area contributed by atoms with Gasteiger partial charge < -0.3 is 0 Å². The molecule has 17 heavy (non-hydrogen) atoms. The molecule has 1 aromatic heterocycles. The van der Waals surface area contributed by atoms with Crippen LogP contribution in [0.4, 0.5) is 13.2 Å². The van der Waals surface area contributed by atoms with E-state index in [1.165, 1.54) is 5.38 Å². The third-order valence-corrected chi connectivity index (χ3v) is 3.44. The van der Waals surface area contributed by atoms with Crippen molar-refractivity contribution in [2.24, 2.45) is 0 Å². The van der Waals surface area contributed by atoms with E-state index in [1.807, 2.05) is 26.0 Å². The number of hydrogen-bond donors (Lipinski definition) is 0. The average Bonchev–Trinajstić information content (AvgIpc) is 2.70. The Morgan fingerprint density at radius 3 is 2.35 bits per heavy atom. The molecule has 0 aliphatic carbocycles. The maximum absolute atomic E-state index is 12.4. The molecule has 0 bridgehead atoms. The topological polar surface area (TPSA) is 12.9 Å². The van der Waals surface area contributed by atoms with Crippen molar-refractivity contribution in [1.82, 2.24) is 4.98 Å². The molecule has 1 nitrogen and oxygen atoms in total. The molecule has 1 heterocycles. The lowest BCUT2D eigenvalue weighted by Crippen LogP contribution is -2.03. The highest BCUT2D eigenvalue weighted by Gasteiger charge is 2.34. The van der Waals surface area contributed by atoms with Gasteiger partial charge in [0.2, 0.25) is 0 Å². The van der Waals surface area contributed by atoms with Crippen molar-refractivity contribution in [3.63, 3.8) is 0 Å². The SMILES string of the molecule is Cc1ccc(-c2csc(C(F)(F)F)n2)cc1C. The summed E-state index contributed by atoms with van der Waals surface area (Å²) < 4.78 is 37.2. The fourth-order valence-corrected chi connectivity index (χ4v) is 2.13. The lowest BCUT2D eigenvalue weighted by Gasteiger charge is -2.03. The highest BCUT2D eigenvalue weighted by molar-refractivity contribution is 7.10. The second kappa shape index (κ2) is 4.14. The summed E-state index contributed by atoms with van der Waals surface area (Å²) in [6.45, 7) is 3.89. The first kappa shape index (κ1) is 12.1. The maximum atomic E-state index is 12.4. The first-order valence-corrected chi connectivity index (χ1v) is 5.86. The van der Waals surface area contributed by atoms with Gasteiger partial charge in [0.1, 0.15) is 0 Å². The van der Waals surface area contributed by atoms with E-state index in [2.05, 4.69) is 4.98 Å². The van der Waals surface area contributed by atoms with Crippen LogP contribution in [-0.2, 0) is 6.18 Å². The molecule has 0 saturated heterocycles. The standard InChI is InChI=1S/C12H10F3NS/c1-7-3-4-9(5-8(7)2)10-6-17-11(16-10)12(13,14)15/h3-6H,1-2H3. The van der Waals surface area contributed by atoms with Gasteiger partial charge >= 0.3 is 6.18 Å². The van der Waals surface area contributed by atoms with Crippen LogP contribution in [0, 0.1) is 13.8 Å². The van der Waals surface area contributed by atoms with Crippen molar-refractivity contribution in [1.29, 1.82) is 0 Å². The fourth-order valence-electron chi connectivity index (χ4n) is 1.44. The number of hydrogen-bond acceptors (Lipinski definition) is 2. The summed E-state index contributed by atoms with van der Waals surface area (Å²) in [7, 11) is 0. The maximum Gasteiger partial charge on any atom is 0.443 e. The number of rotatable bonds is 1. The number of aryl methyl sites for hydroxylation is 2. The lowest BCUT2D eigenvalue weighted by atomic mass is 10.1. The van der Waals surface area contributed by atoms with Crippen molar-refractivity contribution in [3.8, 4) is 11.3 Å². The summed E-state index contributed by atoms with van der Waals surface area (Å²) in [5, 5.41) is 0.637. The summed E-state index contributed by atoms with van der Waals surface area (Å²) in [5.41, 5.74) is 3.26. The van der Waals surface area contributed by atoms with Crippen molar-refractivity contribution in [2.45, 2.75) is 20.0 Å². The molecule has 0 atom stereocenters. The number of thiazole rings is 1. The number of nitrogens with zero attached hydrogens (tertiary/aromatic N) is 1. The highest BCUT2D eigenvalue weighted by atomic mass is 32.1. The molecule has 5 heteroatoms. The first-order chi connectivity index (χ1) is 7.88. The van der Waals surface area contributed by atoms with E-state index in [1.54, 1.807) is 6.07 Å². The minimum Gasteiger partial charge on any atom is -0.232 e. The van der Waals surface area contributed by atoms with E-state index in [4.69, 9.17) is 0 Å². The van der Waals surface area contributed by atoms with Crippen LogP contribution in [0.25, 0.3) is 11.3 Å². The molecule has 0 spiro atoms. The molecular formula is C12H10F3NS. The van der Waals surface area contributed by atoms with Crippen molar-refractivity contribution in [2.75, 3.05) is 0 Å². The Morgan fingerprint density at radius 2 is 1.82 bits per heavy atom. The molecule has 1 aromatic carbocycles. The van der Waals surface area contributed by atoms with Gasteiger partial charge in [-0.15, -0.1) is 11.3 Å². The van der Waals surface area contributed by atoms with E-state index in [0.717, 1.165) is 16.7 Å². The summed E-state index contributed by atoms with van der Waals surface area (Å²) in [6, 6.07) is 5.53. The Morgan fingerprint density at radius 1 is 1.12 bits per heavy atom. The molecule has 0 radical (unpaired) electrons. The van der Waals surface area contributed by atoms with Crippen LogP contribution in [0.1, 0.15) is 16.1 Å². The van der Waals surface area contributed by atoms with E-state index < -0.39 is 11.2 Å². The van der Waals surface area contributed by atoms with Crippen molar-refractivity contribution in [3.05, 3.63) is 39.7 Å². The smallest absolute Gasteiger partial charge is 0.232 e. The largest absolute Gasteiger partial charge is 0.443 e. The molecule has 0 unspecified atom stereocenters. The van der Waals surface area contributed by atoms with E-state index in [0.29, 0.717) is 17.0 Å². The molecule has 0 fully saturated rings. The third kappa shape index (κ3) is 2.49. The van der Waals surface area contributed by atoms with Gasteiger partial charge in [-0.25, -0.2) is 4.98 Å². The third-order valence-electron chi connectivity index (χ3n) is 2.55. The first-order valence-electron chi connectivity index (χ1n) is 4.98. The second-order valence-electron chi connectivity index (χ2n) is 3.83. The monoisotopic (exact) mass is 257 g/mol. The van der Waals surface area contributed by atoms with Gasteiger partial charge in [0.05, 0.1) is 5.69 Å². The van der Waals surface area contributed by atoms with Crippen LogP contribution >= 0.6 is 11.3 Å². The lowest BCUT2D eigenvalue weighted by molar-refractivity contribution is -0.137. The molecule has 0 N–H and O–H groups in total. The minimum atomic E-state index is -4.36. The zero-order valence-electron chi connectivity index (χ0n) is 9.30. The molecule has 0 saturated carbocycles. The zero-order chi connectivity index (χ0) is 12.6. The van der Waals surface area contributed by atoms with Gasteiger partial charge in [-0.05, 0) is 31.0 Å². The van der Waals surface area contributed by atoms with Crippen LogP contribution in [0.15, 0.2) is 23.6 Å². The van der Waals surface area contributed by atoms with E-state index >= 15 is 0 Å². The van der Waals surface area contributed by atoms with Crippen LogP contribution in [0.3, 0.4) is 0 Å². The minimum absolute atomic E-state index is 0.380. The molecule has 90 valence electrons. The van der Waals surface area contributed by atoms with Gasteiger partial charge in [0.15, 0.2) is 5.01 Å². The number of halogens is 3. The summed E-state index contributed by atoms with van der Waals surface area (Å²) in [6.07, 6.45) is -4.36. The molecule has 0 aliphatic rings. The molecule has 0 amide bonds. The summed E-state index contributed by atoms with van der Waals surface area (Å²) >= 11 is 0.625. The number of benzene rings is 1. The molecule has 2 rings (SSSR count). The van der Waals surface area contributed by atoms with Gasteiger partial charge in [-0.2, -0.15) is 13.2 Å². The summed E-state index contributed by atoms with van der Waals surface area (Å²) in [5.74, 6) is 0. The Kier molecular flexibility index (Phi) is 2.95. The van der Waals surface area contributed by atoms with Gasteiger partial charge in [-0.1, -0.05) is 12.1 Å². The molecular weight excluding hydrogens is 247 g/mol. The van der Waals surface area contributed by atoms with Gasteiger partial charge in [-0.3, -0.25) is 0 Å². The summed E-state index contributed by atoms with van der Waals surface area (Å²) in [4.78, 5) is 3.62. The Labute approximate surface area is 101 Å². The quantitative estimate of drug-likeness (QED) is 0.735. The normalized spacial score (nSPS) is 11.8. The number of aromatic nitrogens is 1. The highest BCUT2D eigenvalue weighted by Crippen LogP contribution is 2.34. The molecule has 2 aromatic rings.